The molecule has 0 bridgehead atoms. The molecule has 1 unspecified atom stereocenters. The van der Waals surface area contributed by atoms with Crippen LogP contribution < -0.4 is 5.32 Å². The van der Waals surface area contributed by atoms with Gasteiger partial charge in [-0.05, 0) is 34.0 Å². The first-order valence-corrected chi connectivity index (χ1v) is 7.71. The number of aromatic nitrogens is 2. The van der Waals surface area contributed by atoms with Crippen molar-refractivity contribution in [1.82, 2.24) is 15.1 Å². The molecule has 1 aromatic heterocycles. The third kappa shape index (κ3) is 4.24. The predicted molar refractivity (Wildman–Crippen MR) is 78.7 cm³/mol. The third-order valence-corrected chi connectivity index (χ3v) is 3.77. The highest BCUT2D eigenvalue weighted by Gasteiger charge is 2.22. The molecule has 6 heteroatoms. The van der Waals surface area contributed by atoms with Gasteiger partial charge in [-0.25, -0.2) is 0 Å². The molecule has 108 valence electrons. The summed E-state index contributed by atoms with van der Waals surface area (Å²) in [4.78, 5) is 12.1. The zero-order chi connectivity index (χ0) is 14.6. The molecule has 1 rings (SSSR count). The zero-order valence-electron chi connectivity index (χ0n) is 12.2. The fraction of sp³-hybridized carbons (Fsp3) is 0.692. The second-order valence-electron chi connectivity index (χ2n) is 5.29. The number of hydrogen-bond donors (Lipinski definition) is 2. The quantitative estimate of drug-likeness (QED) is 0.833. The van der Waals surface area contributed by atoms with Crippen molar-refractivity contribution in [3.63, 3.8) is 0 Å². The smallest absolute Gasteiger partial charge is 0.254 e. The summed E-state index contributed by atoms with van der Waals surface area (Å²) in [7, 11) is 0. The fourth-order valence-corrected chi connectivity index (χ4v) is 2.62. The number of nitrogens with zero attached hydrogens (tertiary/aromatic N) is 2. The number of nitrogens with one attached hydrogen (secondary N) is 1. The molecule has 1 amide bonds. The van der Waals surface area contributed by atoms with Crippen molar-refractivity contribution in [3.8, 4) is 0 Å². The molecule has 0 aliphatic rings. The van der Waals surface area contributed by atoms with Gasteiger partial charge < -0.3 is 10.4 Å². The van der Waals surface area contributed by atoms with E-state index in [9.17, 15) is 9.90 Å². The molecule has 0 saturated heterocycles. The largest absolute Gasteiger partial charge is 0.387 e. The minimum Gasteiger partial charge on any atom is -0.387 e. The summed E-state index contributed by atoms with van der Waals surface area (Å²) in [5.74, 6) is 0.392. The van der Waals surface area contributed by atoms with E-state index in [-0.39, 0.29) is 18.5 Å². The van der Waals surface area contributed by atoms with Crippen LogP contribution in [-0.2, 0) is 0 Å². The number of rotatable bonds is 6. The van der Waals surface area contributed by atoms with Gasteiger partial charge in [0.25, 0.3) is 5.91 Å². The molecule has 0 aliphatic heterocycles. The average Bonchev–Trinajstić information content (AvgIpc) is 2.68. The summed E-state index contributed by atoms with van der Waals surface area (Å²) in [6, 6.07) is 0.223. The highest BCUT2D eigenvalue weighted by atomic mass is 32.2. The standard InChI is InChI=1S/C13H23N3O2S/c1-9(2)16-10(3)11(6-15-16)12(17)14-7-13(4,18)8-19-5/h6,9,18H,7-8H2,1-5H3,(H,14,17). The molecule has 1 atom stereocenters. The number of carbonyl (C=O) groups excluding carboxylic acids is 1. The molecule has 1 heterocycles. The highest BCUT2D eigenvalue weighted by molar-refractivity contribution is 7.98. The number of hydrogen-bond acceptors (Lipinski definition) is 4. The van der Waals surface area contributed by atoms with E-state index in [1.807, 2.05) is 31.7 Å². The Morgan fingerprint density at radius 3 is 2.74 bits per heavy atom. The van der Waals surface area contributed by atoms with Crippen LogP contribution in [0.5, 0.6) is 0 Å². The third-order valence-electron chi connectivity index (χ3n) is 2.86. The first kappa shape index (κ1) is 16.0. The van der Waals surface area contributed by atoms with Gasteiger partial charge in [-0.1, -0.05) is 0 Å². The maximum atomic E-state index is 12.1. The number of aliphatic hydroxyl groups is 1. The van der Waals surface area contributed by atoms with E-state index in [0.29, 0.717) is 11.3 Å². The first-order valence-electron chi connectivity index (χ1n) is 6.32. The number of carbonyl (C=O) groups is 1. The monoisotopic (exact) mass is 285 g/mol. The molecule has 0 saturated carbocycles. The normalized spacial score (nSPS) is 14.5. The maximum absolute atomic E-state index is 12.1. The van der Waals surface area contributed by atoms with Crippen molar-refractivity contribution in [2.45, 2.75) is 39.3 Å². The zero-order valence-corrected chi connectivity index (χ0v) is 13.0. The van der Waals surface area contributed by atoms with Gasteiger partial charge in [-0.2, -0.15) is 16.9 Å². The van der Waals surface area contributed by atoms with Gasteiger partial charge >= 0.3 is 0 Å². The lowest BCUT2D eigenvalue weighted by Crippen LogP contribution is -2.42. The molecule has 0 aromatic carbocycles. The minimum atomic E-state index is -0.892. The molecule has 0 radical (unpaired) electrons. The van der Waals surface area contributed by atoms with Crippen molar-refractivity contribution in [2.24, 2.45) is 0 Å². The van der Waals surface area contributed by atoms with E-state index in [1.54, 1.807) is 24.9 Å². The number of amides is 1. The summed E-state index contributed by atoms with van der Waals surface area (Å²) in [6.45, 7) is 7.87. The van der Waals surface area contributed by atoms with Crippen LogP contribution in [0.25, 0.3) is 0 Å². The Balaban J connectivity index is 2.69. The van der Waals surface area contributed by atoms with Crippen molar-refractivity contribution in [1.29, 1.82) is 0 Å². The summed E-state index contributed by atoms with van der Waals surface area (Å²) in [5, 5.41) is 17.0. The summed E-state index contributed by atoms with van der Waals surface area (Å²) >= 11 is 1.55. The second-order valence-corrected chi connectivity index (χ2v) is 6.16. The lowest BCUT2D eigenvalue weighted by atomic mass is 10.1. The van der Waals surface area contributed by atoms with E-state index in [4.69, 9.17) is 0 Å². The van der Waals surface area contributed by atoms with Crippen molar-refractivity contribution < 1.29 is 9.90 Å². The Labute approximate surface area is 118 Å². The Kier molecular flexibility index (Phi) is 5.43. The van der Waals surface area contributed by atoms with Gasteiger partial charge in [0.05, 0.1) is 17.4 Å². The van der Waals surface area contributed by atoms with Gasteiger partial charge in [-0.3, -0.25) is 9.48 Å². The van der Waals surface area contributed by atoms with E-state index in [1.165, 1.54) is 0 Å². The van der Waals surface area contributed by atoms with Crippen LogP contribution in [0.4, 0.5) is 0 Å². The fourth-order valence-electron chi connectivity index (χ4n) is 1.89. The lowest BCUT2D eigenvalue weighted by Gasteiger charge is -2.22. The minimum absolute atomic E-state index is 0.189. The second kappa shape index (κ2) is 6.43. The Hall–Kier alpha value is -1.01. The Morgan fingerprint density at radius 2 is 2.26 bits per heavy atom. The van der Waals surface area contributed by atoms with Crippen LogP contribution in [-0.4, -0.2) is 44.9 Å². The molecule has 0 aliphatic carbocycles. The number of thioether (sulfide) groups is 1. The van der Waals surface area contributed by atoms with Gasteiger partial charge in [0.2, 0.25) is 0 Å². The summed E-state index contributed by atoms with van der Waals surface area (Å²) in [5.41, 5.74) is 0.516. The first-order chi connectivity index (χ1) is 8.78. The van der Waals surface area contributed by atoms with Crippen LogP contribution in [0.15, 0.2) is 6.20 Å². The van der Waals surface area contributed by atoms with E-state index in [2.05, 4.69) is 10.4 Å². The van der Waals surface area contributed by atoms with Crippen LogP contribution in [0, 0.1) is 6.92 Å². The summed E-state index contributed by atoms with van der Waals surface area (Å²) < 4.78 is 1.81. The van der Waals surface area contributed by atoms with Crippen LogP contribution in [0.1, 0.15) is 42.9 Å². The molecule has 5 nitrogen and oxygen atoms in total. The van der Waals surface area contributed by atoms with E-state index >= 15 is 0 Å². The van der Waals surface area contributed by atoms with Gasteiger partial charge in [0, 0.05) is 24.0 Å². The molecule has 0 spiro atoms. The van der Waals surface area contributed by atoms with Gasteiger partial charge in [0.1, 0.15) is 0 Å². The van der Waals surface area contributed by atoms with Crippen molar-refractivity contribution in [3.05, 3.63) is 17.5 Å². The summed E-state index contributed by atoms with van der Waals surface area (Å²) in [6.07, 6.45) is 3.50. The van der Waals surface area contributed by atoms with E-state index in [0.717, 1.165) is 5.69 Å². The van der Waals surface area contributed by atoms with Crippen LogP contribution in [0.2, 0.25) is 0 Å². The van der Waals surface area contributed by atoms with Crippen molar-refractivity contribution in [2.75, 3.05) is 18.6 Å². The van der Waals surface area contributed by atoms with Gasteiger partial charge in [-0.15, -0.1) is 0 Å². The average molecular weight is 285 g/mol. The molecular weight excluding hydrogens is 262 g/mol. The molecular formula is C13H23N3O2S. The molecule has 2 N–H and O–H groups in total. The highest BCUT2D eigenvalue weighted by Crippen LogP contribution is 2.13. The Morgan fingerprint density at radius 1 is 1.63 bits per heavy atom. The Bertz CT molecular complexity index is 441. The molecule has 19 heavy (non-hydrogen) atoms. The van der Waals surface area contributed by atoms with Gasteiger partial charge in [0.15, 0.2) is 0 Å². The SMILES string of the molecule is CSCC(C)(O)CNC(=O)c1cnn(C(C)C)c1C. The lowest BCUT2D eigenvalue weighted by molar-refractivity contribution is 0.0724. The van der Waals surface area contributed by atoms with E-state index < -0.39 is 5.60 Å². The van der Waals surface area contributed by atoms with Crippen molar-refractivity contribution >= 4 is 17.7 Å². The predicted octanol–water partition coefficient (Wildman–Crippen LogP) is 1.62. The topological polar surface area (TPSA) is 67.2 Å². The van der Waals surface area contributed by atoms with Crippen LogP contribution >= 0.6 is 11.8 Å². The molecule has 1 aromatic rings. The maximum Gasteiger partial charge on any atom is 0.254 e. The molecule has 0 fully saturated rings. The van der Waals surface area contributed by atoms with Crippen LogP contribution in [0.3, 0.4) is 0 Å².